The number of nitrogen functional groups attached to an aromatic ring is 1. The summed E-state index contributed by atoms with van der Waals surface area (Å²) < 4.78 is 11.5. The molecule has 3 aliphatic rings. The van der Waals surface area contributed by atoms with Gasteiger partial charge in [0.25, 0.3) is 0 Å². The van der Waals surface area contributed by atoms with E-state index in [9.17, 15) is 0 Å². The molecule has 3 fully saturated rings. The number of benzene rings is 1. The van der Waals surface area contributed by atoms with Gasteiger partial charge < -0.3 is 25.0 Å². The van der Waals surface area contributed by atoms with E-state index < -0.39 is 0 Å². The van der Waals surface area contributed by atoms with Gasteiger partial charge in [-0.25, -0.2) is 4.98 Å². The van der Waals surface area contributed by atoms with Crippen LogP contribution in [0.25, 0.3) is 0 Å². The van der Waals surface area contributed by atoms with E-state index in [4.69, 9.17) is 26.8 Å². The first-order chi connectivity index (χ1) is 14.6. The van der Waals surface area contributed by atoms with Crippen molar-refractivity contribution < 1.29 is 9.47 Å². The van der Waals surface area contributed by atoms with Gasteiger partial charge in [-0.1, -0.05) is 17.7 Å². The highest BCUT2D eigenvalue weighted by atomic mass is 35.5. The Balaban J connectivity index is 1.43. The molecule has 0 aliphatic carbocycles. The second-order valence-electron chi connectivity index (χ2n) is 8.53. The summed E-state index contributed by atoms with van der Waals surface area (Å²) in [6.07, 6.45) is 0.924. The molecule has 4 heterocycles. The fourth-order valence-electron chi connectivity index (χ4n) is 4.91. The van der Waals surface area contributed by atoms with Crippen LogP contribution in [-0.2, 0) is 9.47 Å². The molecule has 0 saturated carbocycles. The van der Waals surface area contributed by atoms with Crippen molar-refractivity contribution in [2.24, 2.45) is 11.8 Å². The van der Waals surface area contributed by atoms with Crippen LogP contribution in [0.1, 0.15) is 23.7 Å². The second-order valence-corrected chi connectivity index (χ2v) is 8.94. The number of fused-ring (bicyclic) bond motifs is 1. The summed E-state index contributed by atoms with van der Waals surface area (Å²) in [5.41, 5.74) is 9.02. The van der Waals surface area contributed by atoms with Crippen molar-refractivity contribution in [2.45, 2.75) is 19.4 Å². The van der Waals surface area contributed by atoms with Crippen molar-refractivity contribution in [1.29, 1.82) is 0 Å². The van der Waals surface area contributed by atoms with Gasteiger partial charge in [0.1, 0.15) is 5.82 Å². The fourth-order valence-corrected chi connectivity index (χ4v) is 5.21. The summed E-state index contributed by atoms with van der Waals surface area (Å²) in [6.45, 7) is 7.88. The Labute approximate surface area is 182 Å². The molecule has 2 aromatic rings. The number of hydrogen-bond acceptors (Lipinski definition) is 7. The van der Waals surface area contributed by atoms with E-state index in [0.717, 1.165) is 68.0 Å². The van der Waals surface area contributed by atoms with Crippen LogP contribution < -0.4 is 15.5 Å². The molecule has 0 bridgehead atoms. The number of hydrogen-bond donors (Lipinski definition) is 1. The highest BCUT2D eigenvalue weighted by Gasteiger charge is 2.37. The first kappa shape index (κ1) is 19.8. The average molecular weight is 430 g/mol. The topological polar surface area (TPSA) is 76.7 Å². The number of aromatic nitrogens is 2. The second kappa shape index (κ2) is 8.21. The minimum atomic E-state index is -0.0193. The number of nitrogens with two attached hydrogens (primary N) is 1. The molecule has 2 N–H and O–H groups in total. The first-order valence-electron chi connectivity index (χ1n) is 10.7. The van der Waals surface area contributed by atoms with Gasteiger partial charge in [0, 0.05) is 60.5 Å². The maximum Gasteiger partial charge on any atom is 0.222 e. The maximum atomic E-state index is 6.84. The minimum Gasteiger partial charge on any atom is -0.381 e. The Morgan fingerprint density at radius 3 is 2.60 bits per heavy atom. The molecular formula is C22H28ClN5O2. The van der Waals surface area contributed by atoms with Crippen molar-refractivity contribution in [3.05, 3.63) is 40.5 Å². The van der Waals surface area contributed by atoms with Crippen LogP contribution in [0.2, 0.25) is 5.02 Å². The summed E-state index contributed by atoms with van der Waals surface area (Å²) in [6, 6.07) is 8.38. The summed E-state index contributed by atoms with van der Waals surface area (Å²) in [7, 11) is 0. The van der Waals surface area contributed by atoms with Crippen LogP contribution in [-0.4, -0.2) is 56.0 Å². The van der Waals surface area contributed by atoms with Gasteiger partial charge in [-0.15, -0.1) is 0 Å². The molecule has 1 aromatic heterocycles. The van der Waals surface area contributed by atoms with Crippen molar-refractivity contribution in [1.82, 2.24) is 9.97 Å². The Morgan fingerprint density at radius 2 is 1.87 bits per heavy atom. The molecule has 3 atom stereocenters. The predicted octanol–water partition coefficient (Wildman–Crippen LogP) is 3.07. The molecule has 1 aromatic carbocycles. The molecule has 160 valence electrons. The molecular weight excluding hydrogens is 402 g/mol. The largest absolute Gasteiger partial charge is 0.381 e. The molecule has 3 saturated heterocycles. The summed E-state index contributed by atoms with van der Waals surface area (Å²) >= 11 is 6.84. The SMILES string of the molecule is Cc1cc(N2CCCOC[C@@H]2c2ccc(N3CC4COCC4C3)cc2Cl)nc(N)n1. The molecule has 3 aliphatic heterocycles. The number of halogens is 1. The van der Waals surface area contributed by atoms with Gasteiger partial charge in [0.05, 0.1) is 25.9 Å². The van der Waals surface area contributed by atoms with Crippen molar-refractivity contribution in [2.75, 3.05) is 61.6 Å². The monoisotopic (exact) mass is 429 g/mol. The summed E-state index contributed by atoms with van der Waals surface area (Å²) in [5, 5.41) is 0.764. The van der Waals surface area contributed by atoms with E-state index >= 15 is 0 Å². The molecule has 30 heavy (non-hydrogen) atoms. The van der Waals surface area contributed by atoms with E-state index in [2.05, 4.69) is 38.0 Å². The lowest BCUT2D eigenvalue weighted by molar-refractivity contribution is 0.134. The maximum absolute atomic E-state index is 6.84. The lowest BCUT2D eigenvalue weighted by Gasteiger charge is -2.32. The number of rotatable bonds is 3. The van der Waals surface area contributed by atoms with Crippen LogP contribution in [0, 0.1) is 18.8 Å². The third-order valence-corrected chi connectivity index (χ3v) is 6.77. The van der Waals surface area contributed by atoms with Crippen LogP contribution in [0.15, 0.2) is 24.3 Å². The molecule has 0 amide bonds. The number of anilines is 3. The van der Waals surface area contributed by atoms with E-state index in [1.807, 2.05) is 13.0 Å². The van der Waals surface area contributed by atoms with Gasteiger partial charge >= 0.3 is 0 Å². The zero-order chi connectivity index (χ0) is 20.7. The molecule has 7 nitrogen and oxygen atoms in total. The van der Waals surface area contributed by atoms with E-state index in [0.29, 0.717) is 24.4 Å². The highest BCUT2D eigenvalue weighted by Crippen LogP contribution is 2.37. The Hall–Kier alpha value is -2.09. The number of ether oxygens (including phenoxy) is 2. The van der Waals surface area contributed by atoms with Gasteiger partial charge in [0.15, 0.2) is 0 Å². The lowest BCUT2D eigenvalue weighted by Crippen LogP contribution is -2.32. The van der Waals surface area contributed by atoms with Gasteiger partial charge in [-0.2, -0.15) is 4.98 Å². The Bertz CT molecular complexity index is 894. The first-order valence-corrected chi connectivity index (χ1v) is 11.0. The highest BCUT2D eigenvalue weighted by molar-refractivity contribution is 6.31. The van der Waals surface area contributed by atoms with Gasteiger partial charge in [0.2, 0.25) is 5.95 Å². The van der Waals surface area contributed by atoms with Crippen LogP contribution in [0.4, 0.5) is 17.5 Å². The van der Waals surface area contributed by atoms with Crippen molar-refractivity contribution >= 4 is 29.1 Å². The summed E-state index contributed by atoms with van der Waals surface area (Å²) in [5.74, 6) is 2.39. The smallest absolute Gasteiger partial charge is 0.222 e. The van der Waals surface area contributed by atoms with E-state index in [1.165, 1.54) is 5.69 Å². The average Bonchev–Trinajstić information content (AvgIpc) is 3.22. The third kappa shape index (κ3) is 3.82. The van der Waals surface area contributed by atoms with E-state index in [-0.39, 0.29) is 6.04 Å². The Morgan fingerprint density at radius 1 is 1.07 bits per heavy atom. The fraction of sp³-hybridized carbons (Fsp3) is 0.545. The molecule has 0 radical (unpaired) electrons. The lowest BCUT2D eigenvalue weighted by atomic mass is 10.0. The van der Waals surface area contributed by atoms with Gasteiger partial charge in [-0.3, -0.25) is 0 Å². The van der Waals surface area contributed by atoms with Crippen LogP contribution in [0.3, 0.4) is 0 Å². The molecule has 5 rings (SSSR count). The number of aryl methyl sites for hydroxylation is 1. The summed E-state index contributed by atoms with van der Waals surface area (Å²) in [4.78, 5) is 13.4. The molecule has 0 spiro atoms. The zero-order valence-corrected chi connectivity index (χ0v) is 18.0. The standard InChI is InChI=1S/C22H28ClN5O2/c1-14-7-21(26-22(24)25-14)28-5-2-6-29-13-20(28)18-4-3-17(8-19(18)23)27-9-15-11-30-12-16(15)10-27/h3-4,7-8,15-16,20H,2,5-6,9-13H2,1H3,(H2,24,25,26)/t15?,16?,20-/m1/s1. The van der Waals surface area contributed by atoms with Crippen LogP contribution >= 0.6 is 11.6 Å². The zero-order valence-electron chi connectivity index (χ0n) is 17.3. The molecule has 8 heteroatoms. The minimum absolute atomic E-state index is 0.0193. The molecule has 2 unspecified atom stereocenters. The quantitative estimate of drug-likeness (QED) is 0.803. The normalized spacial score (nSPS) is 26.7. The van der Waals surface area contributed by atoms with Crippen molar-refractivity contribution in [3.8, 4) is 0 Å². The Kier molecular flexibility index (Phi) is 5.43. The van der Waals surface area contributed by atoms with Crippen molar-refractivity contribution in [3.63, 3.8) is 0 Å². The van der Waals surface area contributed by atoms with E-state index in [1.54, 1.807) is 0 Å². The third-order valence-electron chi connectivity index (χ3n) is 6.44. The predicted molar refractivity (Wildman–Crippen MR) is 118 cm³/mol. The van der Waals surface area contributed by atoms with Crippen LogP contribution in [0.5, 0.6) is 0 Å². The van der Waals surface area contributed by atoms with Gasteiger partial charge in [-0.05, 0) is 31.0 Å². The number of nitrogens with zero attached hydrogens (tertiary/aromatic N) is 4.